The molecule has 5 N–H and O–H groups in total. The number of hydrogen-bond donors (Lipinski definition) is 4. The van der Waals surface area contributed by atoms with Crippen molar-refractivity contribution in [2.75, 3.05) is 38.1 Å². The molecule has 4 heterocycles. The Balaban J connectivity index is 0.889. The number of carbonyl (C=O) groups excluding carboxylic acids is 1. The Morgan fingerprint density at radius 1 is 1.04 bits per heavy atom. The fourth-order valence-corrected chi connectivity index (χ4v) is 9.50. The minimum atomic E-state index is -1.37. The van der Waals surface area contributed by atoms with Gasteiger partial charge in [-0.15, -0.1) is 0 Å². The summed E-state index contributed by atoms with van der Waals surface area (Å²) < 4.78 is 13.1. The van der Waals surface area contributed by atoms with Gasteiger partial charge in [-0.2, -0.15) is 0 Å². The van der Waals surface area contributed by atoms with Crippen molar-refractivity contribution in [1.29, 1.82) is 0 Å². The van der Waals surface area contributed by atoms with Gasteiger partial charge in [0.1, 0.15) is 18.2 Å². The Labute approximate surface area is 282 Å². The number of amides is 1. The molecule has 1 aromatic carbocycles. The fraction of sp³-hybridized carbons (Fsp3) is 0.606. The number of anilines is 1. The molecular weight excluding hydrogens is 640 g/mol. The van der Waals surface area contributed by atoms with Crippen molar-refractivity contribution in [2.45, 2.75) is 69.2 Å². The van der Waals surface area contributed by atoms with Crippen molar-refractivity contribution in [3.05, 3.63) is 41.4 Å². The number of halogens is 1. The highest BCUT2D eigenvalue weighted by atomic mass is 35.5. The highest BCUT2D eigenvalue weighted by molar-refractivity contribution is 6.30. The molecule has 15 heteroatoms. The summed E-state index contributed by atoms with van der Waals surface area (Å²) >= 11 is 6.34. The molecule has 4 bridgehead atoms. The monoisotopic (exact) mass is 680 g/mol. The van der Waals surface area contributed by atoms with Crippen LogP contribution in [-0.2, 0) is 20.9 Å². The minimum absolute atomic E-state index is 0.0298. The molecule has 2 saturated heterocycles. The molecule has 0 spiro atoms. The average molecular weight is 681 g/mol. The predicted octanol–water partition coefficient (Wildman–Crippen LogP) is 2.11. The summed E-state index contributed by atoms with van der Waals surface area (Å²) in [6, 6.07) is 4.83. The number of nitrogens with zero attached hydrogens (tertiary/aromatic N) is 6. The van der Waals surface area contributed by atoms with Crippen LogP contribution in [0.25, 0.3) is 11.2 Å². The molecule has 1 amide bonds. The van der Waals surface area contributed by atoms with E-state index in [-0.39, 0.29) is 19.1 Å². The number of carbonyl (C=O) groups is 2. The Morgan fingerprint density at radius 2 is 1.77 bits per heavy atom. The van der Waals surface area contributed by atoms with Crippen molar-refractivity contribution in [1.82, 2.24) is 29.3 Å². The lowest BCUT2D eigenvalue weighted by Crippen LogP contribution is -2.60. The second-order valence-corrected chi connectivity index (χ2v) is 14.6. The van der Waals surface area contributed by atoms with E-state index in [9.17, 15) is 19.8 Å². The molecule has 0 radical (unpaired) electrons. The van der Waals surface area contributed by atoms with Crippen LogP contribution >= 0.6 is 11.6 Å². The first-order chi connectivity index (χ1) is 23.2. The lowest BCUT2D eigenvalue weighted by molar-refractivity contribution is -0.152. The Kier molecular flexibility index (Phi) is 8.40. The molecule has 2 aromatic heterocycles. The van der Waals surface area contributed by atoms with E-state index in [1.807, 2.05) is 4.90 Å². The molecule has 48 heavy (non-hydrogen) atoms. The molecule has 4 saturated carbocycles. The first-order valence-corrected chi connectivity index (χ1v) is 17.3. The van der Waals surface area contributed by atoms with Crippen LogP contribution in [0.3, 0.4) is 0 Å². The van der Waals surface area contributed by atoms with Crippen molar-refractivity contribution >= 4 is 40.5 Å². The summed E-state index contributed by atoms with van der Waals surface area (Å²) in [5.41, 5.74) is 7.32. The molecule has 2 aliphatic heterocycles. The maximum Gasteiger partial charge on any atom is 0.334 e. The summed E-state index contributed by atoms with van der Waals surface area (Å²) in [6.07, 6.45) is 6.05. The van der Waals surface area contributed by atoms with Gasteiger partial charge in [0.15, 0.2) is 35.9 Å². The number of nitrogens with one attached hydrogen (secondary N) is 1. The lowest BCUT2D eigenvalue weighted by atomic mass is 9.54. The SMILES string of the molecule is N[C@H]1[C@@H](O)[C@H](n2cnc3c(NCc4cc(Cl)ccc4OCC(=O)N4CCN(C5C6CC7CC(C6)CC5C7)CC4)ncnc32)O[C@@H]1C(=O)O. The third-order valence-electron chi connectivity index (χ3n) is 11.3. The topological polar surface area (TPSA) is 181 Å². The van der Waals surface area contributed by atoms with E-state index in [4.69, 9.17) is 26.8 Å². The van der Waals surface area contributed by atoms with Crippen LogP contribution in [0, 0.1) is 23.7 Å². The molecule has 14 nitrogen and oxygen atoms in total. The molecule has 9 rings (SSSR count). The number of rotatable bonds is 9. The normalized spacial score (nSPS) is 33.0. The van der Waals surface area contributed by atoms with Gasteiger partial charge in [-0.1, -0.05) is 11.6 Å². The summed E-state index contributed by atoms with van der Waals surface area (Å²) in [5.74, 6) is 3.23. The van der Waals surface area contributed by atoms with Crippen LogP contribution in [0.5, 0.6) is 5.75 Å². The zero-order valence-electron chi connectivity index (χ0n) is 26.5. The largest absolute Gasteiger partial charge is 0.483 e. The van der Waals surface area contributed by atoms with E-state index in [0.717, 1.165) is 55.4 Å². The number of fused-ring (bicyclic) bond motifs is 1. The van der Waals surface area contributed by atoms with E-state index in [0.29, 0.717) is 33.8 Å². The van der Waals surface area contributed by atoms with Crippen LogP contribution in [0.15, 0.2) is 30.9 Å². The van der Waals surface area contributed by atoms with Crippen LogP contribution < -0.4 is 15.8 Å². The smallest absolute Gasteiger partial charge is 0.334 e. The van der Waals surface area contributed by atoms with Crippen molar-refractivity contribution in [2.24, 2.45) is 29.4 Å². The second-order valence-electron chi connectivity index (χ2n) is 14.1. The fourth-order valence-electron chi connectivity index (χ4n) is 9.31. The van der Waals surface area contributed by atoms with Gasteiger partial charge in [0.2, 0.25) is 0 Å². The summed E-state index contributed by atoms with van der Waals surface area (Å²) in [7, 11) is 0. The van der Waals surface area contributed by atoms with Gasteiger partial charge in [-0.3, -0.25) is 14.3 Å². The van der Waals surface area contributed by atoms with Crippen molar-refractivity contribution in [3.63, 3.8) is 0 Å². The van der Waals surface area contributed by atoms with E-state index in [1.165, 1.54) is 49.3 Å². The van der Waals surface area contributed by atoms with Crippen LogP contribution in [0.1, 0.15) is 43.9 Å². The van der Waals surface area contributed by atoms with Crippen LogP contribution in [0.2, 0.25) is 5.02 Å². The van der Waals surface area contributed by atoms with E-state index < -0.39 is 30.4 Å². The number of aliphatic hydroxyl groups excluding tert-OH is 1. The van der Waals surface area contributed by atoms with Gasteiger partial charge in [0.05, 0.1) is 12.4 Å². The number of aliphatic carboxylic acids is 1. The van der Waals surface area contributed by atoms with Gasteiger partial charge in [-0.25, -0.2) is 19.7 Å². The minimum Gasteiger partial charge on any atom is -0.483 e. The molecule has 6 aliphatic rings. The number of benzene rings is 1. The molecule has 3 aromatic rings. The number of carboxylic acids is 1. The molecule has 4 atom stereocenters. The van der Waals surface area contributed by atoms with Crippen molar-refractivity contribution < 1.29 is 29.3 Å². The predicted molar refractivity (Wildman–Crippen MR) is 174 cm³/mol. The van der Waals surface area contributed by atoms with E-state index >= 15 is 0 Å². The number of ether oxygens (including phenoxy) is 2. The molecule has 0 unspecified atom stereocenters. The lowest BCUT2D eigenvalue weighted by Gasteiger charge is -2.58. The maximum absolute atomic E-state index is 13.3. The van der Waals surface area contributed by atoms with Gasteiger partial charge >= 0.3 is 5.97 Å². The molecular formula is C33H41ClN8O6. The van der Waals surface area contributed by atoms with Gasteiger partial charge in [0, 0.05) is 49.4 Å². The third-order valence-corrected chi connectivity index (χ3v) is 11.5. The number of piperazine rings is 1. The third kappa shape index (κ3) is 5.76. The number of aromatic nitrogens is 4. The average Bonchev–Trinajstić information content (AvgIpc) is 3.63. The van der Waals surface area contributed by atoms with Gasteiger partial charge in [0.25, 0.3) is 5.91 Å². The quantitative estimate of drug-likeness (QED) is 0.259. The van der Waals surface area contributed by atoms with Gasteiger partial charge in [-0.05, 0) is 74.0 Å². The zero-order valence-corrected chi connectivity index (χ0v) is 27.3. The van der Waals surface area contributed by atoms with Crippen molar-refractivity contribution in [3.8, 4) is 5.75 Å². The van der Waals surface area contributed by atoms with E-state index in [2.05, 4.69) is 25.2 Å². The maximum atomic E-state index is 13.3. The Morgan fingerprint density at radius 3 is 2.46 bits per heavy atom. The summed E-state index contributed by atoms with van der Waals surface area (Å²) in [4.78, 5) is 42.4. The van der Waals surface area contributed by atoms with E-state index in [1.54, 1.807) is 18.2 Å². The Bertz CT molecular complexity index is 1670. The second kappa shape index (κ2) is 12.7. The zero-order chi connectivity index (χ0) is 33.1. The number of hydrogen-bond acceptors (Lipinski definition) is 11. The first kappa shape index (κ1) is 31.7. The summed E-state index contributed by atoms with van der Waals surface area (Å²) in [6.45, 7) is 3.48. The molecule has 4 aliphatic carbocycles. The summed E-state index contributed by atoms with van der Waals surface area (Å²) in [5, 5.41) is 23.7. The molecule has 6 fully saturated rings. The number of nitrogens with two attached hydrogens (primary N) is 1. The molecule has 256 valence electrons. The Hall–Kier alpha value is -3.56. The first-order valence-electron chi connectivity index (χ1n) is 16.9. The van der Waals surface area contributed by atoms with Gasteiger partial charge < -0.3 is 35.6 Å². The highest BCUT2D eigenvalue weighted by Gasteiger charge is 2.50. The van der Waals surface area contributed by atoms with Crippen LogP contribution in [-0.4, -0.2) is 108 Å². The standard InChI is InChI=1S/C33H41ClN8O6/c34-22-1-2-23(47-14-24(43)40-3-5-41(6-4-40)27-19-8-17-7-18(10-19)11-20(27)9-17)21(12-22)13-36-30-26-31(38-15-37-30)42(16-39-26)32-28(44)25(35)29(48-32)33(45)46/h1-2,12,15-20,25,27-29,32,44H,3-11,13-14,35H2,(H,45,46)(H,36,37,38)/t17?,18?,19?,20?,25-,27?,28+,29-,32+/m0/s1. The number of carboxylic acid groups (broad SMARTS) is 1. The van der Waals surface area contributed by atoms with Crippen LogP contribution in [0.4, 0.5) is 5.82 Å². The highest BCUT2D eigenvalue weighted by Crippen LogP contribution is 2.55. The number of aliphatic hydroxyl groups is 1. The number of imidazole rings is 1.